The van der Waals surface area contributed by atoms with Crippen LogP contribution in [-0.2, 0) is 0 Å². The van der Waals surface area contributed by atoms with Crippen LogP contribution in [0.3, 0.4) is 0 Å². The van der Waals surface area contributed by atoms with E-state index in [2.05, 4.69) is 4.98 Å². The van der Waals surface area contributed by atoms with Crippen LogP contribution >= 0.6 is 0 Å². The number of amidine groups is 1. The number of hydrogen-bond donors (Lipinski definition) is 2. The van der Waals surface area contributed by atoms with Crippen molar-refractivity contribution in [3.05, 3.63) is 23.4 Å². The molecule has 1 aliphatic heterocycles. The Labute approximate surface area is 121 Å². The lowest BCUT2D eigenvalue weighted by atomic mass is 10.2. The van der Waals surface area contributed by atoms with Gasteiger partial charge in [-0.15, -0.1) is 0 Å². The lowest BCUT2D eigenvalue weighted by molar-refractivity contribution is -0.146. The van der Waals surface area contributed by atoms with Gasteiger partial charge >= 0.3 is 6.18 Å². The third-order valence-electron chi connectivity index (χ3n) is 3.38. The maximum atomic E-state index is 12.4. The number of rotatable bonds is 3. The molecule has 5 nitrogen and oxygen atoms in total. The zero-order valence-electron chi connectivity index (χ0n) is 11.7. The molecule has 21 heavy (non-hydrogen) atoms. The van der Waals surface area contributed by atoms with E-state index in [0.717, 1.165) is 5.69 Å². The van der Waals surface area contributed by atoms with Crippen LogP contribution in [-0.4, -0.2) is 54.6 Å². The van der Waals surface area contributed by atoms with Gasteiger partial charge in [0.05, 0.1) is 12.1 Å². The monoisotopic (exact) mass is 301 g/mol. The maximum Gasteiger partial charge on any atom is 0.401 e. The number of halogens is 3. The highest BCUT2D eigenvalue weighted by Crippen LogP contribution is 2.22. The average Bonchev–Trinajstić information content (AvgIpc) is 2.37. The molecule has 1 aromatic rings. The van der Waals surface area contributed by atoms with Gasteiger partial charge < -0.3 is 10.6 Å². The third-order valence-corrected chi connectivity index (χ3v) is 3.38. The van der Waals surface area contributed by atoms with Gasteiger partial charge in [0.15, 0.2) is 0 Å². The molecule has 1 saturated heterocycles. The minimum absolute atomic E-state index is 0.0878. The number of nitrogen functional groups attached to an aromatic ring is 1. The Morgan fingerprint density at radius 2 is 1.90 bits per heavy atom. The van der Waals surface area contributed by atoms with Crippen molar-refractivity contribution in [3.63, 3.8) is 0 Å². The van der Waals surface area contributed by atoms with Crippen LogP contribution in [0.5, 0.6) is 0 Å². The van der Waals surface area contributed by atoms with E-state index in [1.807, 2.05) is 11.8 Å². The van der Waals surface area contributed by atoms with Gasteiger partial charge in [0.25, 0.3) is 0 Å². The van der Waals surface area contributed by atoms with Gasteiger partial charge in [0, 0.05) is 31.9 Å². The van der Waals surface area contributed by atoms with Gasteiger partial charge in [-0.1, -0.05) is 0 Å². The number of anilines is 1. The van der Waals surface area contributed by atoms with Crippen molar-refractivity contribution in [2.24, 2.45) is 5.73 Å². The molecular weight excluding hydrogens is 283 g/mol. The minimum Gasteiger partial charge on any atom is -0.384 e. The van der Waals surface area contributed by atoms with Crippen LogP contribution < -0.4 is 10.6 Å². The molecule has 2 rings (SSSR count). The molecule has 3 N–H and O–H groups in total. The quantitative estimate of drug-likeness (QED) is 0.653. The predicted octanol–water partition coefficient (Wildman–Crippen LogP) is 1.36. The number of hydrogen-bond acceptors (Lipinski definition) is 4. The molecule has 1 fully saturated rings. The van der Waals surface area contributed by atoms with E-state index in [4.69, 9.17) is 11.1 Å². The summed E-state index contributed by atoms with van der Waals surface area (Å²) >= 11 is 0. The first kappa shape index (κ1) is 15.6. The molecule has 0 aliphatic carbocycles. The second-order valence-corrected chi connectivity index (χ2v) is 5.12. The van der Waals surface area contributed by atoms with Crippen molar-refractivity contribution in [2.75, 3.05) is 37.6 Å². The molecule has 0 aromatic carbocycles. The summed E-state index contributed by atoms with van der Waals surface area (Å²) in [6, 6.07) is 3.49. The van der Waals surface area contributed by atoms with Gasteiger partial charge in [0.2, 0.25) is 0 Å². The number of nitrogens with two attached hydrogens (primary N) is 1. The molecule has 0 radical (unpaired) electrons. The molecule has 1 aromatic heterocycles. The van der Waals surface area contributed by atoms with E-state index in [0.29, 0.717) is 37.6 Å². The van der Waals surface area contributed by atoms with E-state index in [1.165, 1.54) is 4.90 Å². The van der Waals surface area contributed by atoms with Crippen molar-refractivity contribution in [1.29, 1.82) is 5.41 Å². The zero-order chi connectivity index (χ0) is 15.6. The number of aromatic nitrogens is 1. The third kappa shape index (κ3) is 4.07. The first-order valence-corrected chi connectivity index (χ1v) is 6.62. The van der Waals surface area contributed by atoms with E-state index in [9.17, 15) is 13.2 Å². The van der Waals surface area contributed by atoms with Crippen LogP contribution in [0.4, 0.5) is 19.0 Å². The number of alkyl halides is 3. The summed E-state index contributed by atoms with van der Waals surface area (Å²) in [5.41, 5.74) is 6.84. The minimum atomic E-state index is -4.17. The lowest BCUT2D eigenvalue weighted by Gasteiger charge is -2.36. The van der Waals surface area contributed by atoms with Crippen LogP contribution in [0.25, 0.3) is 0 Å². The van der Waals surface area contributed by atoms with Crippen molar-refractivity contribution >= 4 is 11.7 Å². The lowest BCUT2D eigenvalue weighted by Crippen LogP contribution is -2.49. The molecule has 8 heteroatoms. The number of pyridine rings is 1. The molecule has 0 unspecified atom stereocenters. The summed E-state index contributed by atoms with van der Waals surface area (Å²) in [5.74, 6) is 0.490. The number of nitrogens with zero attached hydrogens (tertiary/aromatic N) is 3. The van der Waals surface area contributed by atoms with Crippen LogP contribution in [0.2, 0.25) is 0 Å². The SMILES string of the molecule is Cc1ccc(C(=N)N)c(N2CCN(CC(F)(F)F)CC2)n1. The van der Waals surface area contributed by atoms with E-state index < -0.39 is 12.7 Å². The summed E-state index contributed by atoms with van der Waals surface area (Å²) < 4.78 is 37.1. The van der Waals surface area contributed by atoms with E-state index in [1.54, 1.807) is 12.1 Å². The Kier molecular flexibility index (Phi) is 4.36. The molecule has 0 bridgehead atoms. The fourth-order valence-corrected chi connectivity index (χ4v) is 2.37. The number of nitrogens with one attached hydrogen (secondary N) is 1. The molecule has 1 aliphatic rings. The second-order valence-electron chi connectivity index (χ2n) is 5.12. The second kappa shape index (κ2) is 5.88. The summed E-state index contributed by atoms with van der Waals surface area (Å²) in [7, 11) is 0. The summed E-state index contributed by atoms with van der Waals surface area (Å²) in [6.45, 7) is 2.44. The standard InChI is InChI=1S/C13H18F3N5/c1-9-2-3-10(11(17)18)12(19-9)21-6-4-20(5-7-21)8-13(14,15)16/h2-3H,4-8H2,1H3,(H3,17,18). The number of aryl methyl sites for hydroxylation is 1. The van der Waals surface area contributed by atoms with Gasteiger partial charge in [-0.3, -0.25) is 10.3 Å². The fraction of sp³-hybridized carbons (Fsp3) is 0.538. The van der Waals surface area contributed by atoms with Crippen LogP contribution in [0.1, 0.15) is 11.3 Å². The Morgan fingerprint density at radius 3 is 2.43 bits per heavy atom. The van der Waals surface area contributed by atoms with Gasteiger partial charge in [-0.2, -0.15) is 13.2 Å². The van der Waals surface area contributed by atoms with Crippen molar-refractivity contribution in [1.82, 2.24) is 9.88 Å². The molecule has 2 heterocycles. The molecular formula is C13H18F3N5. The summed E-state index contributed by atoms with van der Waals surface area (Å²) in [4.78, 5) is 7.64. The zero-order valence-corrected chi connectivity index (χ0v) is 11.7. The van der Waals surface area contributed by atoms with Crippen molar-refractivity contribution in [2.45, 2.75) is 13.1 Å². The van der Waals surface area contributed by atoms with Crippen LogP contribution in [0.15, 0.2) is 12.1 Å². The van der Waals surface area contributed by atoms with Crippen molar-refractivity contribution < 1.29 is 13.2 Å². The van der Waals surface area contributed by atoms with Gasteiger partial charge in [-0.05, 0) is 19.1 Å². The van der Waals surface area contributed by atoms with E-state index >= 15 is 0 Å². The topological polar surface area (TPSA) is 69.2 Å². The first-order valence-electron chi connectivity index (χ1n) is 6.62. The average molecular weight is 301 g/mol. The fourth-order valence-electron chi connectivity index (χ4n) is 2.37. The largest absolute Gasteiger partial charge is 0.401 e. The number of piperazine rings is 1. The maximum absolute atomic E-state index is 12.4. The Hall–Kier alpha value is -1.83. The van der Waals surface area contributed by atoms with Gasteiger partial charge in [0.1, 0.15) is 11.7 Å². The van der Waals surface area contributed by atoms with Gasteiger partial charge in [-0.25, -0.2) is 4.98 Å². The Balaban J connectivity index is 2.09. The highest BCUT2D eigenvalue weighted by molar-refractivity contribution is 5.99. The smallest absolute Gasteiger partial charge is 0.384 e. The van der Waals surface area contributed by atoms with E-state index in [-0.39, 0.29) is 5.84 Å². The highest BCUT2D eigenvalue weighted by Gasteiger charge is 2.32. The molecule has 0 atom stereocenters. The normalized spacial score (nSPS) is 17.0. The Bertz CT molecular complexity index is 521. The Morgan fingerprint density at radius 1 is 1.29 bits per heavy atom. The highest BCUT2D eigenvalue weighted by atomic mass is 19.4. The summed E-state index contributed by atoms with van der Waals surface area (Å²) in [5, 5.41) is 7.57. The first-order chi connectivity index (χ1) is 9.76. The molecule has 0 spiro atoms. The summed E-state index contributed by atoms with van der Waals surface area (Å²) in [6.07, 6.45) is -4.17. The molecule has 0 amide bonds. The van der Waals surface area contributed by atoms with Crippen LogP contribution in [0, 0.1) is 12.3 Å². The van der Waals surface area contributed by atoms with Crippen molar-refractivity contribution in [3.8, 4) is 0 Å². The molecule has 116 valence electrons. The predicted molar refractivity (Wildman–Crippen MR) is 74.7 cm³/mol. The molecule has 0 saturated carbocycles.